The van der Waals surface area contributed by atoms with Crippen molar-refractivity contribution >= 4 is 0 Å². The van der Waals surface area contributed by atoms with Crippen molar-refractivity contribution in [3.05, 3.63) is 23.8 Å². The van der Waals surface area contributed by atoms with Crippen LogP contribution in [-0.4, -0.2) is 19.3 Å². The van der Waals surface area contributed by atoms with Gasteiger partial charge in [-0.2, -0.15) is 0 Å². The van der Waals surface area contributed by atoms with Gasteiger partial charge in [0.1, 0.15) is 23.7 Å². The molecular formula is C15H19NO2. The maximum Gasteiger partial charge on any atom is 0.148 e. The van der Waals surface area contributed by atoms with Crippen LogP contribution in [-0.2, 0) is 0 Å². The highest BCUT2D eigenvalue weighted by Gasteiger charge is 2.33. The number of hydrogen-bond acceptors (Lipinski definition) is 3. The zero-order valence-corrected chi connectivity index (χ0v) is 11.1. The predicted octanol–water partition coefficient (Wildman–Crippen LogP) is 2.52. The summed E-state index contributed by atoms with van der Waals surface area (Å²) in [6.07, 6.45) is 6.13. The Morgan fingerprint density at radius 1 is 1.56 bits per heavy atom. The van der Waals surface area contributed by atoms with Crippen molar-refractivity contribution in [2.45, 2.75) is 31.9 Å². The lowest BCUT2D eigenvalue weighted by molar-refractivity contribution is 0.0672. The summed E-state index contributed by atoms with van der Waals surface area (Å²) in [6.45, 7) is 4.46. The lowest BCUT2D eigenvalue weighted by Crippen LogP contribution is -2.38. The topological polar surface area (TPSA) is 30.5 Å². The molecule has 0 fully saturated rings. The van der Waals surface area contributed by atoms with Crippen LogP contribution in [0, 0.1) is 12.3 Å². The molecule has 0 saturated heterocycles. The first kappa shape index (κ1) is 12.8. The van der Waals surface area contributed by atoms with E-state index >= 15 is 0 Å². The summed E-state index contributed by atoms with van der Waals surface area (Å²) < 4.78 is 11.4. The summed E-state index contributed by atoms with van der Waals surface area (Å²) in [5, 5.41) is 3.33. The van der Waals surface area contributed by atoms with Gasteiger partial charge in [0.2, 0.25) is 0 Å². The van der Waals surface area contributed by atoms with Crippen LogP contribution in [0.3, 0.4) is 0 Å². The summed E-state index contributed by atoms with van der Waals surface area (Å²) in [7, 11) is 1.97. The van der Waals surface area contributed by atoms with Gasteiger partial charge in [-0.25, -0.2) is 0 Å². The summed E-state index contributed by atoms with van der Waals surface area (Å²) in [5.74, 6) is 4.08. The van der Waals surface area contributed by atoms with Crippen LogP contribution in [0.2, 0.25) is 0 Å². The van der Waals surface area contributed by atoms with Gasteiger partial charge in [-0.1, -0.05) is 12.0 Å². The van der Waals surface area contributed by atoms with Crippen LogP contribution < -0.4 is 14.8 Å². The number of hydrogen-bond donors (Lipinski definition) is 1. The zero-order chi connectivity index (χ0) is 13.2. The van der Waals surface area contributed by atoms with E-state index in [1.165, 1.54) is 5.56 Å². The van der Waals surface area contributed by atoms with Gasteiger partial charge in [-0.05, 0) is 27.0 Å². The number of ether oxygens (including phenoxy) is 2. The van der Waals surface area contributed by atoms with Crippen molar-refractivity contribution in [1.82, 2.24) is 5.32 Å². The average molecular weight is 245 g/mol. The van der Waals surface area contributed by atoms with Crippen LogP contribution in [0.4, 0.5) is 0 Å². The van der Waals surface area contributed by atoms with E-state index in [4.69, 9.17) is 15.9 Å². The lowest BCUT2D eigenvalue weighted by atomic mass is 9.90. The Balaban J connectivity index is 2.31. The SMILES string of the molecule is C#CCOc1ccc2c(c1)OC(C)(C)CC2NC. The zero-order valence-electron chi connectivity index (χ0n) is 11.1. The number of nitrogens with one attached hydrogen (secondary N) is 1. The first-order chi connectivity index (χ1) is 8.55. The van der Waals surface area contributed by atoms with Gasteiger partial charge in [-0.15, -0.1) is 6.42 Å². The van der Waals surface area contributed by atoms with E-state index in [0.717, 1.165) is 17.9 Å². The molecule has 1 aromatic rings. The molecule has 0 saturated carbocycles. The summed E-state index contributed by atoms with van der Waals surface area (Å²) in [4.78, 5) is 0. The molecule has 1 heterocycles. The largest absolute Gasteiger partial charge is 0.487 e. The molecule has 0 aliphatic carbocycles. The molecule has 0 aromatic heterocycles. The van der Waals surface area contributed by atoms with Gasteiger partial charge in [0.25, 0.3) is 0 Å². The first-order valence-electron chi connectivity index (χ1n) is 6.12. The van der Waals surface area contributed by atoms with Crippen LogP contribution in [0.15, 0.2) is 18.2 Å². The Morgan fingerprint density at radius 3 is 3.00 bits per heavy atom. The van der Waals surface area contributed by atoms with E-state index in [9.17, 15) is 0 Å². The Kier molecular flexibility index (Phi) is 3.49. The maximum atomic E-state index is 6.00. The van der Waals surface area contributed by atoms with Crippen molar-refractivity contribution in [2.75, 3.05) is 13.7 Å². The molecule has 1 aliphatic heterocycles. The maximum absolute atomic E-state index is 6.00. The highest BCUT2D eigenvalue weighted by Crippen LogP contribution is 2.40. The molecule has 18 heavy (non-hydrogen) atoms. The van der Waals surface area contributed by atoms with E-state index < -0.39 is 0 Å². The van der Waals surface area contributed by atoms with Crippen LogP contribution >= 0.6 is 0 Å². The Bertz CT molecular complexity index is 474. The number of terminal acetylenes is 1. The third-order valence-corrected chi connectivity index (χ3v) is 3.11. The lowest BCUT2D eigenvalue weighted by Gasteiger charge is -2.37. The standard InChI is InChI=1S/C15H19NO2/c1-5-8-17-11-6-7-12-13(16-4)10-15(2,3)18-14(12)9-11/h1,6-7,9,13,16H,8,10H2,2-4H3. The van der Waals surface area contributed by atoms with Crippen LogP contribution in [0.25, 0.3) is 0 Å². The highest BCUT2D eigenvalue weighted by molar-refractivity contribution is 5.44. The van der Waals surface area contributed by atoms with Crippen molar-refractivity contribution in [3.8, 4) is 23.8 Å². The molecule has 2 rings (SSSR count). The monoisotopic (exact) mass is 245 g/mol. The molecule has 3 nitrogen and oxygen atoms in total. The summed E-state index contributed by atoms with van der Waals surface area (Å²) in [5.41, 5.74) is 0.996. The molecule has 0 radical (unpaired) electrons. The van der Waals surface area contributed by atoms with Crippen molar-refractivity contribution in [3.63, 3.8) is 0 Å². The van der Waals surface area contributed by atoms with Gasteiger partial charge >= 0.3 is 0 Å². The van der Waals surface area contributed by atoms with Crippen molar-refractivity contribution < 1.29 is 9.47 Å². The Labute approximate surface area is 108 Å². The minimum atomic E-state index is -0.175. The minimum absolute atomic E-state index is 0.175. The normalized spacial score (nSPS) is 20.4. The minimum Gasteiger partial charge on any atom is -0.487 e. The summed E-state index contributed by atoms with van der Waals surface area (Å²) in [6, 6.07) is 6.20. The predicted molar refractivity (Wildman–Crippen MR) is 71.9 cm³/mol. The van der Waals surface area contributed by atoms with Gasteiger partial charge in [-0.3, -0.25) is 0 Å². The fourth-order valence-electron chi connectivity index (χ4n) is 2.30. The molecule has 0 amide bonds. The second-order valence-electron chi connectivity index (χ2n) is 5.10. The molecule has 96 valence electrons. The second-order valence-corrected chi connectivity index (χ2v) is 5.10. The quantitative estimate of drug-likeness (QED) is 0.830. The molecule has 1 atom stereocenters. The van der Waals surface area contributed by atoms with Gasteiger partial charge in [0, 0.05) is 24.1 Å². The molecule has 0 bridgehead atoms. The third-order valence-electron chi connectivity index (χ3n) is 3.11. The van der Waals surface area contributed by atoms with Gasteiger partial charge in [0.05, 0.1) is 0 Å². The van der Waals surface area contributed by atoms with Crippen LogP contribution in [0.1, 0.15) is 31.9 Å². The average Bonchev–Trinajstić information content (AvgIpc) is 2.33. The smallest absolute Gasteiger partial charge is 0.148 e. The second kappa shape index (κ2) is 4.91. The van der Waals surface area contributed by atoms with E-state index in [-0.39, 0.29) is 12.2 Å². The molecule has 1 aliphatic rings. The number of benzene rings is 1. The van der Waals surface area contributed by atoms with Gasteiger partial charge < -0.3 is 14.8 Å². The number of fused-ring (bicyclic) bond motifs is 1. The molecule has 1 aromatic carbocycles. The Hall–Kier alpha value is -1.66. The van der Waals surface area contributed by atoms with Crippen molar-refractivity contribution in [2.24, 2.45) is 0 Å². The first-order valence-corrected chi connectivity index (χ1v) is 6.12. The highest BCUT2D eigenvalue weighted by atomic mass is 16.5. The molecule has 1 N–H and O–H groups in total. The number of rotatable bonds is 3. The fourth-order valence-corrected chi connectivity index (χ4v) is 2.30. The molecular weight excluding hydrogens is 226 g/mol. The van der Waals surface area contributed by atoms with E-state index in [1.54, 1.807) is 0 Å². The van der Waals surface area contributed by atoms with E-state index in [0.29, 0.717) is 6.04 Å². The molecule has 1 unspecified atom stereocenters. The van der Waals surface area contributed by atoms with Crippen LogP contribution in [0.5, 0.6) is 11.5 Å². The van der Waals surface area contributed by atoms with E-state index in [2.05, 4.69) is 25.1 Å². The van der Waals surface area contributed by atoms with Crippen molar-refractivity contribution in [1.29, 1.82) is 0 Å². The fraction of sp³-hybridized carbons (Fsp3) is 0.467. The van der Waals surface area contributed by atoms with Gasteiger partial charge in [0.15, 0.2) is 0 Å². The third kappa shape index (κ3) is 2.60. The summed E-state index contributed by atoms with van der Waals surface area (Å²) >= 11 is 0. The molecule has 3 heteroatoms. The molecule has 0 spiro atoms. The Morgan fingerprint density at radius 2 is 2.33 bits per heavy atom. The van der Waals surface area contributed by atoms with E-state index in [1.807, 2.05) is 25.2 Å².